The van der Waals surface area contributed by atoms with Crippen LogP contribution in [0.25, 0.3) is 0 Å². The number of rotatable bonds is 6. The standard InChI is InChI=1S/C12H16N2O/c1-11(8-10-15)7-9-13-14-12-5-3-2-4-6-12/h2-6,10-11H,7-9H2,1H3. The van der Waals surface area contributed by atoms with E-state index in [0.717, 1.165) is 18.4 Å². The van der Waals surface area contributed by atoms with Crippen LogP contribution in [0.5, 0.6) is 0 Å². The minimum absolute atomic E-state index is 0.400. The van der Waals surface area contributed by atoms with Gasteiger partial charge in [-0.2, -0.15) is 10.2 Å². The summed E-state index contributed by atoms with van der Waals surface area (Å²) in [4.78, 5) is 10.2. The fraction of sp³-hybridized carbons (Fsp3) is 0.417. The van der Waals surface area contributed by atoms with Crippen LogP contribution >= 0.6 is 0 Å². The molecule has 0 aliphatic carbocycles. The van der Waals surface area contributed by atoms with Gasteiger partial charge in [-0.05, 0) is 24.5 Å². The number of aldehydes is 1. The van der Waals surface area contributed by atoms with Crippen molar-refractivity contribution in [2.24, 2.45) is 16.1 Å². The molecule has 0 aliphatic heterocycles. The van der Waals surface area contributed by atoms with E-state index in [1.54, 1.807) is 0 Å². The molecular formula is C12H16N2O. The molecule has 1 rings (SSSR count). The van der Waals surface area contributed by atoms with E-state index < -0.39 is 0 Å². The van der Waals surface area contributed by atoms with E-state index in [1.807, 2.05) is 37.3 Å². The van der Waals surface area contributed by atoms with Crippen molar-refractivity contribution >= 4 is 12.0 Å². The maximum absolute atomic E-state index is 10.2. The van der Waals surface area contributed by atoms with Crippen molar-refractivity contribution in [1.29, 1.82) is 0 Å². The average molecular weight is 204 g/mol. The van der Waals surface area contributed by atoms with Crippen LogP contribution in [0.15, 0.2) is 40.6 Å². The molecular weight excluding hydrogens is 188 g/mol. The largest absolute Gasteiger partial charge is 0.303 e. The number of carbonyl (C=O) groups is 1. The second-order valence-electron chi connectivity index (χ2n) is 3.60. The lowest BCUT2D eigenvalue weighted by atomic mass is 10.1. The first-order valence-corrected chi connectivity index (χ1v) is 5.19. The van der Waals surface area contributed by atoms with Gasteiger partial charge in [0, 0.05) is 6.42 Å². The average Bonchev–Trinajstić information content (AvgIpc) is 2.26. The third-order valence-electron chi connectivity index (χ3n) is 2.16. The van der Waals surface area contributed by atoms with Gasteiger partial charge in [-0.15, -0.1) is 0 Å². The van der Waals surface area contributed by atoms with Gasteiger partial charge in [-0.25, -0.2) is 0 Å². The lowest BCUT2D eigenvalue weighted by Crippen LogP contribution is -1.96. The predicted molar refractivity (Wildman–Crippen MR) is 60.3 cm³/mol. The molecule has 1 unspecified atom stereocenters. The molecule has 15 heavy (non-hydrogen) atoms. The Balaban J connectivity index is 2.25. The lowest BCUT2D eigenvalue weighted by Gasteiger charge is -2.02. The van der Waals surface area contributed by atoms with Crippen molar-refractivity contribution in [1.82, 2.24) is 0 Å². The van der Waals surface area contributed by atoms with E-state index in [1.165, 1.54) is 0 Å². The Morgan fingerprint density at radius 2 is 2.07 bits per heavy atom. The molecule has 3 heteroatoms. The summed E-state index contributed by atoms with van der Waals surface area (Å²) in [5, 5.41) is 8.15. The minimum Gasteiger partial charge on any atom is -0.303 e. The van der Waals surface area contributed by atoms with Gasteiger partial charge in [0.05, 0.1) is 12.2 Å². The fourth-order valence-corrected chi connectivity index (χ4v) is 1.19. The Kier molecular flexibility index (Phi) is 5.30. The molecule has 0 heterocycles. The molecule has 0 aliphatic rings. The van der Waals surface area contributed by atoms with Crippen molar-refractivity contribution in [3.63, 3.8) is 0 Å². The highest BCUT2D eigenvalue weighted by molar-refractivity contribution is 5.49. The highest BCUT2D eigenvalue weighted by Crippen LogP contribution is 2.11. The Morgan fingerprint density at radius 3 is 2.73 bits per heavy atom. The van der Waals surface area contributed by atoms with Crippen molar-refractivity contribution < 1.29 is 4.79 Å². The van der Waals surface area contributed by atoms with Crippen molar-refractivity contribution in [2.45, 2.75) is 19.8 Å². The quantitative estimate of drug-likeness (QED) is 0.517. The summed E-state index contributed by atoms with van der Waals surface area (Å²) >= 11 is 0. The van der Waals surface area contributed by atoms with Gasteiger partial charge < -0.3 is 4.79 Å². The molecule has 0 spiro atoms. The molecule has 0 saturated carbocycles. The van der Waals surface area contributed by atoms with Crippen LogP contribution in [-0.2, 0) is 4.79 Å². The van der Waals surface area contributed by atoms with Crippen LogP contribution in [0, 0.1) is 5.92 Å². The number of nitrogens with zero attached hydrogens (tertiary/aromatic N) is 2. The first kappa shape index (κ1) is 11.6. The van der Waals surface area contributed by atoms with Gasteiger partial charge in [-0.1, -0.05) is 25.1 Å². The molecule has 3 nitrogen and oxygen atoms in total. The molecule has 0 fully saturated rings. The zero-order valence-electron chi connectivity index (χ0n) is 8.97. The van der Waals surface area contributed by atoms with E-state index in [0.29, 0.717) is 18.9 Å². The summed E-state index contributed by atoms with van der Waals surface area (Å²) in [6, 6.07) is 9.65. The van der Waals surface area contributed by atoms with Crippen LogP contribution in [0.3, 0.4) is 0 Å². The molecule has 0 aromatic heterocycles. The zero-order valence-corrected chi connectivity index (χ0v) is 8.97. The number of azo groups is 1. The van der Waals surface area contributed by atoms with E-state index in [9.17, 15) is 4.79 Å². The summed E-state index contributed by atoms with van der Waals surface area (Å²) in [7, 11) is 0. The van der Waals surface area contributed by atoms with Crippen LogP contribution in [-0.4, -0.2) is 12.8 Å². The van der Waals surface area contributed by atoms with Crippen molar-refractivity contribution in [3.8, 4) is 0 Å². The Labute approximate surface area is 90.2 Å². The molecule has 1 atom stereocenters. The topological polar surface area (TPSA) is 41.8 Å². The zero-order chi connectivity index (χ0) is 10.9. The smallest absolute Gasteiger partial charge is 0.120 e. The van der Waals surface area contributed by atoms with Crippen LogP contribution in [0.2, 0.25) is 0 Å². The van der Waals surface area contributed by atoms with Gasteiger partial charge in [0.1, 0.15) is 6.29 Å². The molecule has 80 valence electrons. The Morgan fingerprint density at radius 1 is 1.33 bits per heavy atom. The first-order chi connectivity index (χ1) is 7.33. The maximum atomic E-state index is 10.2. The Hall–Kier alpha value is -1.51. The number of hydrogen-bond donors (Lipinski definition) is 0. The second-order valence-corrected chi connectivity index (χ2v) is 3.60. The van der Waals surface area contributed by atoms with Gasteiger partial charge in [-0.3, -0.25) is 0 Å². The SMILES string of the molecule is CC(CC=O)CCN=Nc1ccccc1. The van der Waals surface area contributed by atoms with Gasteiger partial charge in [0.25, 0.3) is 0 Å². The molecule has 0 bridgehead atoms. The molecule has 0 radical (unpaired) electrons. The highest BCUT2D eigenvalue weighted by Gasteiger charge is 1.99. The van der Waals surface area contributed by atoms with Gasteiger partial charge >= 0.3 is 0 Å². The summed E-state index contributed by atoms with van der Waals surface area (Å²) in [5.74, 6) is 0.400. The van der Waals surface area contributed by atoms with Gasteiger partial charge in [0.2, 0.25) is 0 Å². The third-order valence-corrected chi connectivity index (χ3v) is 2.16. The predicted octanol–water partition coefficient (Wildman–Crippen LogP) is 3.39. The van der Waals surface area contributed by atoms with Crippen LogP contribution < -0.4 is 0 Å². The molecule has 0 amide bonds. The number of benzene rings is 1. The highest BCUT2D eigenvalue weighted by atomic mass is 16.1. The molecule has 0 saturated heterocycles. The second kappa shape index (κ2) is 6.87. The van der Waals surface area contributed by atoms with Gasteiger partial charge in [0.15, 0.2) is 0 Å². The summed E-state index contributed by atoms with van der Waals surface area (Å²) in [5.41, 5.74) is 0.876. The van der Waals surface area contributed by atoms with Crippen LogP contribution in [0.1, 0.15) is 19.8 Å². The lowest BCUT2D eigenvalue weighted by molar-refractivity contribution is -0.108. The monoisotopic (exact) mass is 204 g/mol. The van der Waals surface area contributed by atoms with E-state index in [-0.39, 0.29) is 0 Å². The summed E-state index contributed by atoms with van der Waals surface area (Å²) in [6.45, 7) is 2.73. The van der Waals surface area contributed by atoms with E-state index in [4.69, 9.17) is 0 Å². The third kappa shape index (κ3) is 5.05. The summed E-state index contributed by atoms with van der Waals surface area (Å²) in [6.07, 6.45) is 2.48. The molecule has 0 N–H and O–H groups in total. The number of carbonyl (C=O) groups excluding carboxylic acids is 1. The maximum Gasteiger partial charge on any atom is 0.120 e. The Bertz CT molecular complexity index is 309. The molecule has 1 aromatic rings. The van der Waals surface area contributed by atoms with Crippen molar-refractivity contribution in [3.05, 3.63) is 30.3 Å². The summed E-state index contributed by atoms with van der Waals surface area (Å²) < 4.78 is 0. The minimum atomic E-state index is 0.400. The molecule has 1 aromatic carbocycles. The first-order valence-electron chi connectivity index (χ1n) is 5.19. The van der Waals surface area contributed by atoms with Crippen molar-refractivity contribution in [2.75, 3.05) is 6.54 Å². The van der Waals surface area contributed by atoms with Crippen LogP contribution in [0.4, 0.5) is 5.69 Å². The normalized spacial score (nSPS) is 12.9. The number of hydrogen-bond acceptors (Lipinski definition) is 3. The van der Waals surface area contributed by atoms with E-state index >= 15 is 0 Å². The fourth-order valence-electron chi connectivity index (χ4n) is 1.19. The van der Waals surface area contributed by atoms with E-state index in [2.05, 4.69) is 10.2 Å².